The fourth-order valence-electron chi connectivity index (χ4n) is 5.70. The number of likely N-dealkylation sites (N-methyl/N-ethyl adjacent to an activating group) is 1. The van der Waals surface area contributed by atoms with Gasteiger partial charge in [0.05, 0.1) is 5.69 Å². The van der Waals surface area contributed by atoms with Crippen molar-refractivity contribution in [3.8, 4) is 17.0 Å². The van der Waals surface area contributed by atoms with E-state index in [1.807, 2.05) is 24.5 Å². The van der Waals surface area contributed by atoms with Crippen LogP contribution in [0.1, 0.15) is 24.2 Å². The van der Waals surface area contributed by atoms with Crippen LogP contribution in [0, 0.1) is 0 Å². The molecule has 0 saturated carbocycles. The third-order valence-corrected chi connectivity index (χ3v) is 7.57. The molecule has 4 aromatic rings. The van der Waals surface area contributed by atoms with E-state index in [-0.39, 0.29) is 5.54 Å². The molecule has 0 bridgehead atoms. The Kier molecular flexibility index (Phi) is 4.39. The topological polar surface area (TPSA) is 72.2 Å². The molecule has 1 spiro atoms. The third-order valence-electron chi connectivity index (χ3n) is 7.57. The molecule has 3 aliphatic heterocycles. The summed E-state index contributed by atoms with van der Waals surface area (Å²) in [7, 11) is 2.15. The van der Waals surface area contributed by atoms with E-state index < -0.39 is 0 Å². The summed E-state index contributed by atoms with van der Waals surface area (Å²) in [6.07, 6.45) is 6.86. The number of hydrogen-bond acceptors (Lipinski definition) is 7. The number of pyridine rings is 1. The average molecular weight is 454 g/mol. The predicted octanol–water partition coefficient (Wildman–Crippen LogP) is 3.11. The van der Waals surface area contributed by atoms with Crippen molar-refractivity contribution in [3.05, 3.63) is 60.2 Å². The van der Waals surface area contributed by atoms with Crippen LogP contribution in [0.2, 0.25) is 0 Å². The number of rotatable bonds is 2. The van der Waals surface area contributed by atoms with Crippen molar-refractivity contribution in [2.45, 2.75) is 24.8 Å². The lowest BCUT2D eigenvalue weighted by atomic mass is 9.83. The minimum Gasteiger partial charge on any atom is -0.490 e. The average Bonchev–Trinajstić information content (AvgIpc) is 3.44. The van der Waals surface area contributed by atoms with Crippen LogP contribution in [0.4, 0.5) is 5.95 Å². The Balaban J connectivity index is 1.29. The Bertz CT molecular complexity index is 1370. The summed E-state index contributed by atoms with van der Waals surface area (Å²) < 4.78 is 8.50. The van der Waals surface area contributed by atoms with Crippen LogP contribution in [-0.2, 0) is 12.0 Å². The molecule has 7 rings (SSSR count). The van der Waals surface area contributed by atoms with E-state index in [9.17, 15) is 0 Å². The van der Waals surface area contributed by atoms with E-state index in [2.05, 4.69) is 55.6 Å². The summed E-state index contributed by atoms with van der Waals surface area (Å²) in [5.74, 6) is 2.85. The molecule has 0 aliphatic carbocycles. The number of nitrogens with zero attached hydrogens (tertiary/aromatic N) is 7. The Hall–Kier alpha value is -3.52. The molecule has 1 saturated heterocycles. The van der Waals surface area contributed by atoms with Crippen molar-refractivity contribution in [1.82, 2.24) is 29.4 Å². The number of para-hydroxylation sites is 1. The largest absolute Gasteiger partial charge is 0.490 e. The molecule has 3 aliphatic rings. The molecule has 0 radical (unpaired) electrons. The number of anilines is 1. The normalized spacial score (nSPS) is 22.1. The third kappa shape index (κ3) is 2.94. The van der Waals surface area contributed by atoms with E-state index in [4.69, 9.17) is 14.7 Å². The van der Waals surface area contributed by atoms with Gasteiger partial charge < -0.3 is 14.5 Å². The van der Waals surface area contributed by atoms with E-state index in [0.717, 1.165) is 85.4 Å². The smallest absolute Gasteiger partial charge is 0.225 e. The lowest BCUT2D eigenvalue weighted by Crippen LogP contribution is -2.45. The standard InChI is InChI=1S/C26H27N7O/c1-31-11-13-32(14-12-31)25-27-15-18(16-28-25)20-8-9-21-24(30-20)33-23(29-21)7-4-10-26(33)17-34-22-6-3-2-5-19(22)26/h2-3,5-6,8-9,15-16H,4,7,10-14,17H2,1H3. The first kappa shape index (κ1) is 19.9. The molecule has 6 heterocycles. The Morgan fingerprint density at radius 2 is 1.76 bits per heavy atom. The highest BCUT2D eigenvalue weighted by molar-refractivity contribution is 5.77. The molecule has 8 heteroatoms. The summed E-state index contributed by atoms with van der Waals surface area (Å²) in [5, 5.41) is 0. The van der Waals surface area contributed by atoms with Gasteiger partial charge in [-0.05, 0) is 38.1 Å². The van der Waals surface area contributed by atoms with E-state index >= 15 is 0 Å². The number of fused-ring (bicyclic) bond motifs is 6. The van der Waals surface area contributed by atoms with Crippen LogP contribution in [-0.4, -0.2) is 69.2 Å². The quantitative estimate of drug-likeness (QED) is 0.462. The Morgan fingerprint density at radius 3 is 2.62 bits per heavy atom. The number of piperazine rings is 1. The summed E-state index contributed by atoms with van der Waals surface area (Å²) in [6.45, 7) is 4.59. The predicted molar refractivity (Wildman–Crippen MR) is 130 cm³/mol. The van der Waals surface area contributed by atoms with Crippen molar-refractivity contribution in [2.75, 3.05) is 44.7 Å². The van der Waals surface area contributed by atoms with Crippen LogP contribution < -0.4 is 9.64 Å². The number of hydrogen-bond donors (Lipinski definition) is 0. The molecular weight excluding hydrogens is 426 g/mol. The van der Waals surface area contributed by atoms with Gasteiger partial charge in [-0.25, -0.2) is 19.9 Å². The Morgan fingerprint density at radius 1 is 0.941 bits per heavy atom. The highest BCUT2D eigenvalue weighted by Crippen LogP contribution is 2.47. The highest BCUT2D eigenvalue weighted by Gasteiger charge is 2.46. The van der Waals surface area contributed by atoms with E-state index in [1.165, 1.54) is 5.56 Å². The summed E-state index contributed by atoms with van der Waals surface area (Å²) >= 11 is 0. The second-order valence-corrected chi connectivity index (χ2v) is 9.63. The molecule has 34 heavy (non-hydrogen) atoms. The lowest BCUT2D eigenvalue weighted by molar-refractivity contribution is 0.205. The zero-order chi connectivity index (χ0) is 22.7. The van der Waals surface area contributed by atoms with Gasteiger partial charge in [0, 0.05) is 56.1 Å². The Labute approximate surface area is 198 Å². The molecule has 1 aromatic carbocycles. The van der Waals surface area contributed by atoms with Gasteiger partial charge in [0.15, 0.2) is 5.65 Å². The minimum absolute atomic E-state index is 0.244. The first-order chi connectivity index (χ1) is 16.7. The zero-order valence-corrected chi connectivity index (χ0v) is 19.3. The molecule has 3 aromatic heterocycles. The molecule has 1 unspecified atom stereocenters. The summed E-state index contributed by atoms with van der Waals surface area (Å²) in [6, 6.07) is 12.5. The maximum atomic E-state index is 6.16. The lowest BCUT2D eigenvalue weighted by Gasteiger charge is -2.35. The number of imidazole rings is 1. The van der Waals surface area contributed by atoms with Gasteiger partial charge in [0.25, 0.3) is 0 Å². The van der Waals surface area contributed by atoms with E-state index in [0.29, 0.717) is 6.61 Å². The van der Waals surface area contributed by atoms with Crippen molar-refractivity contribution in [2.24, 2.45) is 0 Å². The monoisotopic (exact) mass is 453 g/mol. The molecule has 172 valence electrons. The number of aryl methyl sites for hydroxylation is 1. The van der Waals surface area contributed by atoms with Crippen molar-refractivity contribution < 1.29 is 4.74 Å². The fraction of sp³-hybridized carbons (Fsp3) is 0.385. The molecule has 1 atom stereocenters. The molecule has 0 amide bonds. The SMILES string of the molecule is CN1CCN(c2ncc(-c3ccc4nc5n(c4n3)C3(CCC5)COc4ccccc43)cn2)CC1. The van der Waals surface area contributed by atoms with Crippen LogP contribution in [0.5, 0.6) is 5.75 Å². The molecule has 0 N–H and O–H groups in total. The van der Waals surface area contributed by atoms with Gasteiger partial charge in [0.1, 0.15) is 29.2 Å². The second kappa shape index (κ2) is 7.50. The van der Waals surface area contributed by atoms with Gasteiger partial charge in [-0.15, -0.1) is 0 Å². The van der Waals surface area contributed by atoms with E-state index in [1.54, 1.807) is 0 Å². The fourth-order valence-corrected chi connectivity index (χ4v) is 5.70. The molecule has 1 fully saturated rings. The van der Waals surface area contributed by atoms with Crippen LogP contribution >= 0.6 is 0 Å². The van der Waals surface area contributed by atoms with Gasteiger partial charge >= 0.3 is 0 Å². The van der Waals surface area contributed by atoms with Gasteiger partial charge in [-0.1, -0.05) is 18.2 Å². The zero-order valence-electron chi connectivity index (χ0n) is 19.3. The van der Waals surface area contributed by atoms with Crippen molar-refractivity contribution >= 4 is 17.1 Å². The number of ether oxygens (including phenoxy) is 1. The minimum atomic E-state index is -0.244. The van der Waals surface area contributed by atoms with Gasteiger partial charge in [-0.3, -0.25) is 4.57 Å². The van der Waals surface area contributed by atoms with Crippen molar-refractivity contribution in [1.29, 1.82) is 0 Å². The summed E-state index contributed by atoms with van der Waals surface area (Å²) in [4.78, 5) is 24.0. The number of benzene rings is 1. The molecular formula is C26H27N7O. The van der Waals surface area contributed by atoms with Crippen LogP contribution in [0.15, 0.2) is 48.8 Å². The van der Waals surface area contributed by atoms with Crippen LogP contribution in [0.25, 0.3) is 22.4 Å². The highest BCUT2D eigenvalue weighted by atomic mass is 16.5. The summed E-state index contributed by atoms with van der Waals surface area (Å²) in [5.41, 5.74) is 4.63. The van der Waals surface area contributed by atoms with Gasteiger partial charge in [0.2, 0.25) is 5.95 Å². The second-order valence-electron chi connectivity index (χ2n) is 9.63. The molecule has 8 nitrogen and oxygen atoms in total. The first-order valence-corrected chi connectivity index (χ1v) is 12.1. The van der Waals surface area contributed by atoms with Crippen LogP contribution in [0.3, 0.4) is 0 Å². The van der Waals surface area contributed by atoms with Gasteiger partial charge in [-0.2, -0.15) is 0 Å². The first-order valence-electron chi connectivity index (χ1n) is 12.1. The number of aromatic nitrogens is 5. The maximum Gasteiger partial charge on any atom is 0.225 e. The van der Waals surface area contributed by atoms with Crippen molar-refractivity contribution in [3.63, 3.8) is 0 Å². The maximum absolute atomic E-state index is 6.16.